The smallest absolute Gasteiger partial charge is 0.348 e. The highest BCUT2D eigenvalue weighted by Crippen LogP contribution is 2.21. The minimum absolute atomic E-state index is 0.0263. The molecule has 0 aromatic carbocycles. The Balaban J connectivity index is 2.40. The van der Waals surface area contributed by atoms with Crippen molar-refractivity contribution < 1.29 is 14.6 Å². The fourth-order valence-corrected chi connectivity index (χ4v) is 1.66. The zero-order valence-electron chi connectivity index (χ0n) is 6.83. The third-order valence-corrected chi connectivity index (χ3v) is 2.52. The lowest BCUT2D eigenvalue weighted by Gasteiger charge is -1.99. The van der Waals surface area contributed by atoms with Gasteiger partial charge < -0.3 is 9.84 Å². The molecule has 1 heterocycles. The Morgan fingerprint density at radius 1 is 1.62 bits per heavy atom. The minimum Gasteiger partial charge on any atom is -0.461 e. The summed E-state index contributed by atoms with van der Waals surface area (Å²) in [5, 5.41) is 8.44. The summed E-state index contributed by atoms with van der Waals surface area (Å²) >= 11 is 6.82. The third-order valence-electron chi connectivity index (χ3n) is 1.31. The average Bonchev–Trinajstić information content (AvgIpc) is 2.52. The molecule has 1 aromatic rings. The first-order chi connectivity index (χ1) is 6.24. The monoisotopic (exact) mass is 220 g/mol. The minimum atomic E-state index is -0.384. The maximum Gasteiger partial charge on any atom is 0.348 e. The highest BCUT2D eigenvalue weighted by atomic mass is 35.5. The van der Waals surface area contributed by atoms with Crippen LogP contribution in [0.4, 0.5) is 0 Å². The summed E-state index contributed by atoms with van der Waals surface area (Å²) in [5.41, 5.74) is 0. The van der Waals surface area contributed by atoms with Gasteiger partial charge in [-0.3, -0.25) is 0 Å². The predicted molar refractivity (Wildman–Crippen MR) is 51.3 cm³/mol. The molecular formula is C8H9ClO3S. The van der Waals surface area contributed by atoms with Gasteiger partial charge in [0.2, 0.25) is 0 Å². The van der Waals surface area contributed by atoms with E-state index in [1.165, 1.54) is 11.3 Å². The van der Waals surface area contributed by atoms with Crippen LogP contribution in [0.15, 0.2) is 12.1 Å². The molecule has 0 spiro atoms. The lowest BCUT2D eigenvalue weighted by Crippen LogP contribution is -2.05. The van der Waals surface area contributed by atoms with Crippen LogP contribution < -0.4 is 0 Å². The molecule has 3 nitrogen and oxygen atoms in total. The zero-order valence-corrected chi connectivity index (χ0v) is 8.40. The van der Waals surface area contributed by atoms with Crippen molar-refractivity contribution in [2.75, 3.05) is 13.2 Å². The van der Waals surface area contributed by atoms with E-state index in [9.17, 15) is 4.79 Å². The lowest BCUT2D eigenvalue weighted by molar-refractivity contribution is 0.0488. The Labute approximate surface area is 84.9 Å². The third kappa shape index (κ3) is 3.34. The average molecular weight is 221 g/mol. The van der Waals surface area contributed by atoms with Crippen LogP contribution in [0.2, 0.25) is 4.34 Å². The molecule has 1 rings (SSSR count). The number of aliphatic hydroxyl groups is 1. The maximum absolute atomic E-state index is 11.2. The predicted octanol–water partition coefficient (Wildman–Crippen LogP) is 1.94. The highest BCUT2D eigenvalue weighted by Gasteiger charge is 2.08. The van der Waals surface area contributed by atoms with Crippen LogP contribution in [0.5, 0.6) is 0 Å². The van der Waals surface area contributed by atoms with Crippen LogP contribution in [0.25, 0.3) is 0 Å². The molecule has 13 heavy (non-hydrogen) atoms. The second-order valence-corrected chi connectivity index (χ2v) is 4.03. The number of rotatable bonds is 4. The van der Waals surface area contributed by atoms with E-state index in [1.807, 2.05) is 0 Å². The molecule has 0 saturated carbocycles. The molecule has 1 N–H and O–H groups in total. The van der Waals surface area contributed by atoms with Crippen molar-refractivity contribution in [2.24, 2.45) is 0 Å². The van der Waals surface area contributed by atoms with Gasteiger partial charge in [0.25, 0.3) is 0 Å². The van der Waals surface area contributed by atoms with E-state index in [0.29, 0.717) is 15.6 Å². The van der Waals surface area contributed by atoms with Gasteiger partial charge in [0, 0.05) is 13.0 Å². The Kier molecular flexibility index (Phi) is 4.21. The number of aliphatic hydroxyl groups excluding tert-OH is 1. The molecule has 0 atom stereocenters. The van der Waals surface area contributed by atoms with Gasteiger partial charge in [-0.2, -0.15) is 0 Å². The molecule has 0 bridgehead atoms. The highest BCUT2D eigenvalue weighted by molar-refractivity contribution is 7.17. The summed E-state index contributed by atoms with van der Waals surface area (Å²) in [7, 11) is 0. The summed E-state index contributed by atoms with van der Waals surface area (Å²) in [6.07, 6.45) is 0.463. The van der Waals surface area contributed by atoms with E-state index in [1.54, 1.807) is 12.1 Å². The molecule has 0 amide bonds. The number of esters is 1. The van der Waals surface area contributed by atoms with E-state index in [0.717, 1.165) is 0 Å². The summed E-state index contributed by atoms with van der Waals surface area (Å²) in [5.74, 6) is -0.384. The Bertz CT molecular complexity index is 285. The van der Waals surface area contributed by atoms with Crippen LogP contribution in [0, 0.1) is 0 Å². The quantitative estimate of drug-likeness (QED) is 0.623. The van der Waals surface area contributed by atoms with Crippen LogP contribution in [0.1, 0.15) is 16.1 Å². The van der Waals surface area contributed by atoms with Crippen molar-refractivity contribution in [3.63, 3.8) is 0 Å². The SMILES string of the molecule is O=C(OCCCO)c1ccc(Cl)s1. The van der Waals surface area contributed by atoms with Gasteiger partial charge in [-0.05, 0) is 12.1 Å². The van der Waals surface area contributed by atoms with E-state index < -0.39 is 0 Å². The molecule has 5 heteroatoms. The van der Waals surface area contributed by atoms with Crippen molar-refractivity contribution in [3.05, 3.63) is 21.3 Å². The number of carbonyl (C=O) groups excluding carboxylic acids is 1. The summed E-state index contributed by atoms with van der Waals surface area (Å²) in [6.45, 7) is 0.267. The lowest BCUT2D eigenvalue weighted by atomic mass is 10.4. The van der Waals surface area contributed by atoms with Gasteiger partial charge in [-0.1, -0.05) is 11.6 Å². The van der Waals surface area contributed by atoms with Crippen molar-refractivity contribution in [1.82, 2.24) is 0 Å². The van der Waals surface area contributed by atoms with Gasteiger partial charge in [0.05, 0.1) is 10.9 Å². The second-order valence-electron chi connectivity index (χ2n) is 2.32. The molecule has 0 radical (unpaired) electrons. The van der Waals surface area contributed by atoms with Crippen molar-refractivity contribution in [1.29, 1.82) is 0 Å². The summed E-state index contributed by atoms with van der Waals surface area (Å²) in [4.78, 5) is 11.7. The fraction of sp³-hybridized carbons (Fsp3) is 0.375. The maximum atomic E-state index is 11.2. The van der Waals surface area contributed by atoms with E-state index >= 15 is 0 Å². The molecular weight excluding hydrogens is 212 g/mol. The van der Waals surface area contributed by atoms with Crippen LogP contribution in [-0.4, -0.2) is 24.3 Å². The molecule has 1 aromatic heterocycles. The first-order valence-corrected chi connectivity index (χ1v) is 4.97. The first-order valence-electron chi connectivity index (χ1n) is 3.77. The number of carbonyl (C=O) groups is 1. The van der Waals surface area contributed by atoms with Gasteiger partial charge in [0.1, 0.15) is 4.88 Å². The van der Waals surface area contributed by atoms with Gasteiger partial charge >= 0.3 is 5.97 Å². The Morgan fingerprint density at radius 3 is 2.92 bits per heavy atom. The summed E-state index contributed by atoms with van der Waals surface area (Å²) in [6, 6.07) is 3.27. The Morgan fingerprint density at radius 2 is 2.38 bits per heavy atom. The van der Waals surface area contributed by atoms with Crippen LogP contribution in [0.3, 0.4) is 0 Å². The molecule has 72 valence electrons. The standard InChI is InChI=1S/C8H9ClO3S/c9-7-3-2-6(13-7)8(11)12-5-1-4-10/h2-3,10H,1,4-5H2. The summed E-state index contributed by atoms with van der Waals surface area (Å²) < 4.78 is 5.40. The van der Waals surface area contributed by atoms with Crippen molar-refractivity contribution in [3.8, 4) is 0 Å². The van der Waals surface area contributed by atoms with Crippen molar-refractivity contribution >= 4 is 28.9 Å². The molecule has 0 saturated heterocycles. The Hall–Kier alpha value is -0.580. The molecule has 0 aliphatic rings. The van der Waals surface area contributed by atoms with E-state index in [-0.39, 0.29) is 19.2 Å². The number of hydrogen-bond acceptors (Lipinski definition) is 4. The first kappa shape index (κ1) is 10.5. The van der Waals surface area contributed by atoms with Crippen LogP contribution in [-0.2, 0) is 4.74 Å². The van der Waals surface area contributed by atoms with E-state index in [2.05, 4.69) is 0 Å². The molecule has 0 aliphatic heterocycles. The molecule has 0 fully saturated rings. The number of halogens is 1. The van der Waals surface area contributed by atoms with Gasteiger partial charge in [-0.25, -0.2) is 4.79 Å². The topological polar surface area (TPSA) is 46.5 Å². The van der Waals surface area contributed by atoms with Gasteiger partial charge in [-0.15, -0.1) is 11.3 Å². The van der Waals surface area contributed by atoms with Gasteiger partial charge in [0.15, 0.2) is 0 Å². The zero-order chi connectivity index (χ0) is 9.68. The van der Waals surface area contributed by atoms with Crippen LogP contribution >= 0.6 is 22.9 Å². The largest absolute Gasteiger partial charge is 0.461 e. The van der Waals surface area contributed by atoms with Crippen molar-refractivity contribution in [2.45, 2.75) is 6.42 Å². The number of ether oxygens (including phenoxy) is 1. The normalized spacial score (nSPS) is 10.0. The fourth-order valence-electron chi connectivity index (χ4n) is 0.725. The molecule has 0 unspecified atom stereocenters. The second kappa shape index (κ2) is 5.21. The number of hydrogen-bond donors (Lipinski definition) is 1. The number of thiophene rings is 1. The molecule has 0 aliphatic carbocycles. The van der Waals surface area contributed by atoms with E-state index in [4.69, 9.17) is 21.4 Å².